The molecule has 5 heteroatoms. The van der Waals surface area contributed by atoms with E-state index in [1.165, 1.54) is 0 Å². The van der Waals surface area contributed by atoms with Crippen molar-refractivity contribution in [3.63, 3.8) is 0 Å². The first-order valence-corrected chi connectivity index (χ1v) is 9.76. The average Bonchev–Trinajstić information content (AvgIpc) is 2.63. The molecule has 1 N–H and O–H groups in total. The summed E-state index contributed by atoms with van der Waals surface area (Å²) in [6.07, 6.45) is 1.10. The number of benzene rings is 2. The van der Waals surface area contributed by atoms with E-state index in [0.717, 1.165) is 63.6 Å². The standard InChI is InChI=1S/C19H21ClN2OS/c1-23-14-7-8-18-16(13-14)19(21-10-4-11-24-12-9-20)15-5-2-3-6-17(15)22-18/h2-3,5-8,13H,4,9-12H2,1H3,(H,21,22). The highest BCUT2D eigenvalue weighted by atomic mass is 35.5. The number of anilines is 1. The molecule has 3 nitrogen and oxygen atoms in total. The number of halogens is 1. The topological polar surface area (TPSA) is 34.1 Å². The molecule has 0 bridgehead atoms. The Morgan fingerprint density at radius 2 is 1.92 bits per heavy atom. The molecule has 0 saturated carbocycles. The number of alkyl halides is 1. The van der Waals surface area contributed by atoms with Crippen molar-refractivity contribution in [2.75, 3.05) is 36.4 Å². The predicted molar refractivity (Wildman–Crippen MR) is 107 cm³/mol. The molecule has 126 valence electrons. The molecule has 1 heterocycles. The van der Waals surface area contributed by atoms with E-state index in [2.05, 4.69) is 29.6 Å². The van der Waals surface area contributed by atoms with Gasteiger partial charge < -0.3 is 10.1 Å². The van der Waals surface area contributed by atoms with Gasteiger partial charge in [0.15, 0.2) is 0 Å². The van der Waals surface area contributed by atoms with Gasteiger partial charge in [-0.2, -0.15) is 11.8 Å². The number of nitrogens with one attached hydrogen (secondary N) is 1. The number of rotatable bonds is 8. The Morgan fingerprint density at radius 3 is 2.75 bits per heavy atom. The minimum absolute atomic E-state index is 0.720. The summed E-state index contributed by atoms with van der Waals surface area (Å²) in [5.41, 5.74) is 3.12. The highest BCUT2D eigenvalue weighted by molar-refractivity contribution is 7.99. The van der Waals surface area contributed by atoms with Crippen LogP contribution in [0.5, 0.6) is 5.75 Å². The number of hydrogen-bond donors (Lipinski definition) is 1. The van der Waals surface area contributed by atoms with Crippen molar-refractivity contribution in [2.45, 2.75) is 6.42 Å². The third kappa shape index (κ3) is 3.87. The van der Waals surface area contributed by atoms with Gasteiger partial charge in [0.1, 0.15) is 5.75 Å². The molecule has 0 amide bonds. The van der Waals surface area contributed by atoms with E-state index in [4.69, 9.17) is 21.3 Å². The molecule has 0 aliphatic heterocycles. The number of fused-ring (bicyclic) bond motifs is 2. The van der Waals surface area contributed by atoms with Gasteiger partial charge in [-0.1, -0.05) is 18.2 Å². The molecular formula is C19H21ClN2OS. The van der Waals surface area contributed by atoms with Gasteiger partial charge in [0.2, 0.25) is 0 Å². The lowest BCUT2D eigenvalue weighted by atomic mass is 10.1. The quantitative estimate of drug-likeness (QED) is 0.341. The molecule has 0 saturated heterocycles. The van der Waals surface area contributed by atoms with Crippen LogP contribution in [-0.2, 0) is 0 Å². The zero-order valence-electron chi connectivity index (χ0n) is 13.7. The van der Waals surface area contributed by atoms with Crippen molar-refractivity contribution >= 4 is 50.9 Å². The van der Waals surface area contributed by atoms with Crippen LogP contribution in [-0.4, -0.2) is 36.0 Å². The van der Waals surface area contributed by atoms with E-state index >= 15 is 0 Å². The predicted octanol–water partition coefficient (Wildman–Crippen LogP) is 5.17. The van der Waals surface area contributed by atoms with Crippen LogP contribution in [0.4, 0.5) is 5.69 Å². The van der Waals surface area contributed by atoms with Crippen LogP contribution in [0.3, 0.4) is 0 Å². The van der Waals surface area contributed by atoms with Gasteiger partial charge in [-0.3, -0.25) is 0 Å². The number of methoxy groups -OCH3 is 1. The fourth-order valence-electron chi connectivity index (χ4n) is 2.73. The van der Waals surface area contributed by atoms with Crippen molar-refractivity contribution in [3.05, 3.63) is 42.5 Å². The van der Waals surface area contributed by atoms with E-state index < -0.39 is 0 Å². The molecule has 3 rings (SSSR count). The molecular weight excluding hydrogens is 340 g/mol. The maximum atomic E-state index is 5.71. The summed E-state index contributed by atoms with van der Waals surface area (Å²) in [5, 5.41) is 5.86. The summed E-state index contributed by atoms with van der Waals surface area (Å²) >= 11 is 7.61. The second kappa shape index (κ2) is 8.45. The van der Waals surface area contributed by atoms with Gasteiger partial charge >= 0.3 is 0 Å². The Bertz CT molecular complexity index is 825. The first-order valence-electron chi connectivity index (χ1n) is 8.07. The molecule has 24 heavy (non-hydrogen) atoms. The first kappa shape index (κ1) is 17.2. The Kier molecular flexibility index (Phi) is 6.05. The third-order valence-corrected chi connectivity index (χ3v) is 5.36. The Hall–Kier alpha value is -1.65. The number of hydrogen-bond acceptors (Lipinski definition) is 4. The maximum Gasteiger partial charge on any atom is 0.119 e. The number of para-hydroxylation sites is 1. The molecule has 1 aromatic heterocycles. The summed E-state index contributed by atoms with van der Waals surface area (Å²) in [6, 6.07) is 14.3. The van der Waals surface area contributed by atoms with Gasteiger partial charge in [-0.25, -0.2) is 4.98 Å². The van der Waals surface area contributed by atoms with E-state index in [0.29, 0.717) is 0 Å². The Balaban J connectivity index is 1.91. The van der Waals surface area contributed by atoms with Crippen LogP contribution in [0, 0.1) is 0 Å². The summed E-state index contributed by atoms with van der Waals surface area (Å²) < 4.78 is 5.39. The lowest BCUT2D eigenvalue weighted by Crippen LogP contribution is -2.05. The number of pyridine rings is 1. The summed E-state index contributed by atoms with van der Waals surface area (Å²) in [5.74, 6) is 3.70. The fraction of sp³-hybridized carbons (Fsp3) is 0.316. The summed E-state index contributed by atoms with van der Waals surface area (Å²) in [6.45, 7) is 0.926. The molecule has 0 aliphatic rings. The van der Waals surface area contributed by atoms with Crippen molar-refractivity contribution in [1.82, 2.24) is 4.98 Å². The molecule has 0 atom stereocenters. The van der Waals surface area contributed by atoms with Crippen molar-refractivity contribution in [3.8, 4) is 5.75 Å². The van der Waals surface area contributed by atoms with Crippen LogP contribution >= 0.6 is 23.4 Å². The molecule has 0 unspecified atom stereocenters. The third-order valence-electron chi connectivity index (χ3n) is 3.88. The minimum Gasteiger partial charge on any atom is -0.497 e. The summed E-state index contributed by atoms with van der Waals surface area (Å²) in [4.78, 5) is 4.77. The SMILES string of the molecule is COc1ccc2nc3ccccc3c(NCCCSCCCl)c2c1. The van der Waals surface area contributed by atoms with E-state index in [1.807, 2.05) is 30.0 Å². The fourth-order valence-corrected chi connectivity index (χ4v) is 3.72. The van der Waals surface area contributed by atoms with Crippen LogP contribution < -0.4 is 10.1 Å². The van der Waals surface area contributed by atoms with Gasteiger partial charge in [-0.15, -0.1) is 11.6 Å². The monoisotopic (exact) mass is 360 g/mol. The zero-order valence-corrected chi connectivity index (χ0v) is 15.3. The number of ether oxygens (including phenoxy) is 1. The highest BCUT2D eigenvalue weighted by Crippen LogP contribution is 2.32. The van der Waals surface area contributed by atoms with Gasteiger partial charge in [0.25, 0.3) is 0 Å². The van der Waals surface area contributed by atoms with Crippen LogP contribution in [0.2, 0.25) is 0 Å². The second-order valence-electron chi connectivity index (χ2n) is 5.47. The molecule has 3 aromatic rings. The minimum atomic E-state index is 0.720. The van der Waals surface area contributed by atoms with Crippen molar-refractivity contribution in [1.29, 1.82) is 0 Å². The van der Waals surface area contributed by atoms with Crippen LogP contribution in [0.1, 0.15) is 6.42 Å². The lowest BCUT2D eigenvalue weighted by molar-refractivity contribution is 0.415. The first-order chi connectivity index (χ1) is 11.8. The van der Waals surface area contributed by atoms with Crippen molar-refractivity contribution < 1.29 is 4.74 Å². The van der Waals surface area contributed by atoms with E-state index in [-0.39, 0.29) is 0 Å². The highest BCUT2D eigenvalue weighted by Gasteiger charge is 2.09. The normalized spacial score (nSPS) is 11.1. The van der Waals surface area contributed by atoms with Gasteiger partial charge in [0.05, 0.1) is 23.8 Å². The number of thioether (sulfide) groups is 1. The summed E-state index contributed by atoms with van der Waals surface area (Å²) in [7, 11) is 1.69. The largest absolute Gasteiger partial charge is 0.497 e. The smallest absolute Gasteiger partial charge is 0.119 e. The van der Waals surface area contributed by atoms with Crippen LogP contribution in [0.15, 0.2) is 42.5 Å². The van der Waals surface area contributed by atoms with Crippen molar-refractivity contribution in [2.24, 2.45) is 0 Å². The lowest BCUT2D eigenvalue weighted by Gasteiger charge is -2.14. The molecule has 2 aromatic carbocycles. The molecule has 0 radical (unpaired) electrons. The Labute approximate surface area is 151 Å². The van der Waals surface area contributed by atoms with Gasteiger partial charge in [-0.05, 0) is 36.4 Å². The number of nitrogens with zero attached hydrogens (tertiary/aromatic N) is 1. The number of aromatic nitrogens is 1. The molecule has 0 aliphatic carbocycles. The van der Waals surface area contributed by atoms with E-state index in [1.54, 1.807) is 7.11 Å². The Morgan fingerprint density at radius 1 is 1.08 bits per heavy atom. The van der Waals surface area contributed by atoms with E-state index in [9.17, 15) is 0 Å². The molecule has 0 spiro atoms. The average molecular weight is 361 g/mol. The molecule has 0 fully saturated rings. The van der Waals surface area contributed by atoms with Gasteiger partial charge in [0, 0.05) is 29.0 Å². The maximum absolute atomic E-state index is 5.71. The van der Waals surface area contributed by atoms with Crippen LogP contribution in [0.25, 0.3) is 21.8 Å². The second-order valence-corrected chi connectivity index (χ2v) is 7.07. The zero-order chi connectivity index (χ0) is 16.8.